The number of hydrogen-bond donors (Lipinski definition) is 2. The van der Waals surface area contributed by atoms with Crippen LogP contribution >= 0.6 is 11.6 Å². The van der Waals surface area contributed by atoms with E-state index in [9.17, 15) is 9.90 Å². The number of aryl methyl sites for hydroxylation is 1. The summed E-state index contributed by atoms with van der Waals surface area (Å²) >= 11 is 5.87. The number of carbonyl (C=O) groups is 1. The van der Waals surface area contributed by atoms with Crippen molar-refractivity contribution in [2.75, 3.05) is 25.1 Å². The Morgan fingerprint density at radius 2 is 2.29 bits per heavy atom. The SMILES string of the molecule is Cc1ccc(Cl)cc1NC(=O)C1(CO)COC1. The average Bonchev–Trinajstić information content (AvgIpc) is 2.23. The molecule has 1 aromatic rings. The van der Waals surface area contributed by atoms with Gasteiger partial charge in [0, 0.05) is 10.7 Å². The standard InChI is InChI=1S/C12H14ClNO3/c1-8-2-3-9(13)4-10(8)14-11(16)12(5-15)6-17-7-12/h2-4,15H,5-7H2,1H3,(H,14,16). The first-order chi connectivity index (χ1) is 8.07. The number of ether oxygens (including phenoxy) is 1. The summed E-state index contributed by atoms with van der Waals surface area (Å²) in [5.74, 6) is -0.225. The molecule has 0 spiro atoms. The lowest BCUT2D eigenvalue weighted by Crippen LogP contribution is -2.54. The lowest BCUT2D eigenvalue weighted by Gasteiger charge is -2.38. The summed E-state index contributed by atoms with van der Waals surface area (Å²) < 4.78 is 5.00. The molecule has 0 unspecified atom stereocenters. The first kappa shape index (κ1) is 12.4. The normalized spacial score (nSPS) is 17.4. The fraction of sp³-hybridized carbons (Fsp3) is 0.417. The monoisotopic (exact) mass is 255 g/mol. The van der Waals surface area contributed by atoms with Gasteiger partial charge in [-0.05, 0) is 24.6 Å². The Kier molecular flexibility index (Phi) is 3.38. The minimum absolute atomic E-state index is 0.210. The lowest BCUT2D eigenvalue weighted by atomic mass is 9.86. The maximum atomic E-state index is 12.0. The molecule has 4 nitrogen and oxygen atoms in total. The molecule has 0 aromatic heterocycles. The molecule has 2 rings (SSSR count). The number of carbonyl (C=O) groups excluding carboxylic acids is 1. The van der Waals surface area contributed by atoms with Crippen molar-refractivity contribution in [2.24, 2.45) is 5.41 Å². The molecule has 1 saturated heterocycles. The quantitative estimate of drug-likeness (QED) is 0.863. The first-order valence-corrected chi connectivity index (χ1v) is 5.71. The van der Waals surface area contributed by atoms with Gasteiger partial charge in [-0.15, -0.1) is 0 Å². The Morgan fingerprint density at radius 3 is 2.82 bits per heavy atom. The van der Waals surface area contributed by atoms with Crippen molar-refractivity contribution in [3.8, 4) is 0 Å². The molecule has 1 aromatic carbocycles. The van der Waals surface area contributed by atoms with Crippen LogP contribution in [0.2, 0.25) is 5.02 Å². The smallest absolute Gasteiger partial charge is 0.237 e. The zero-order chi connectivity index (χ0) is 12.5. The van der Waals surface area contributed by atoms with Crippen LogP contribution in [-0.4, -0.2) is 30.8 Å². The van der Waals surface area contributed by atoms with E-state index in [-0.39, 0.29) is 25.7 Å². The van der Waals surface area contributed by atoms with Crippen LogP contribution < -0.4 is 5.32 Å². The number of aliphatic hydroxyl groups excluding tert-OH is 1. The Hall–Kier alpha value is -1.10. The Balaban J connectivity index is 2.15. The van der Waals surface area contributed by atoms with Crippen molar-refractivity contribution in [1.29, 1.82) is 0 Å². The molecule has 17 heavy (non-hydrogen) atoms. The minimum Gasteiger partial charge on any atom is -0.395 e. The summed E-state index contributed by atoms with van der Waals surface area (Å²) in [5.41, 5.74) is 0.799. The van der Waals surface area contributed by atoms with E-state index >= 15 is 0 Å². The van der Waals surface area contributed by atoms with E-state index in [1.165, 1.54) is 0 Å². The predicted octanol–water partition coefficient (Wildman–Crippen LogP) is 1.60. The second kappa shape index (κ2) is 4.64. The van der Waals surface area contributed by atoms with Gasteiger partial charge in [0.2, 0.25) is 5.91 Å². The van der Waals surface area contributed by atoms with Gasteiger partial charge < -0.3 is 15.2 Å². The summed E-state index contributed by atoms with van der Waals surface area (Å²) in [6, 6.07) is 5.29. The third-order valence-corrected chi connectivity index (χ3v) is 3.22. The van der Waals surface area contributed by atoms with Gasteiger partial charge in [-0.1, -0.05) is 17.7 Å². The molecule has 1 aliphatic rings. The van der Waals surface area contributed by atoms with Crippen LogP contribution in [0.4, 0.5) is 5.69 Å². The van der Waals surface area contributed by atoms with E-state index in [1.807, 2.05) is 13.0 Å². The number of halogens is 1. The van der Waals surface area contributed by atoms with Crippen LogP contribution in [0.5, 0.6) is 0 Å². The second-order valence-electron chi connectivity index (χ2n) is 4.34. The first-order valence-electron chi connectivity index (χ1n) is 5.34. The number of anilines is 1. The van der Waals surface area contributed by atoms with E-state index in [0.717, 1.165) is 5.56 Å². The van der Waals surface area contributed by atoms with Gasteiger partial charge in [0.15, 0.2) is 0 Å². The molecular weight excluding hydrogens is 242 g/mol. The summed E-state index contributed by atoms with van der Waals surface area (Å²) in [5, 5.41) is 12.6. The molecule has 1 heterocycles. The molecule has 0 saturated carbocycles. The Labute approximate surface area is 105 Å². The predicted molar refractivity (Wildman–Crippen MR) is 65.2 cm³/mol. The van der Waals surface area contributed by atoms with Crippen molar-refractivity contribution in [1.82, 2.24) is 0 Å². The average molecular weight is 256 g/mol. The molecule has 92 valence electrons. The van der Waals surface area contributed by atoms with Crippen LogP contribution in [0.25, 0.3) is 0 Å². The maximum absolute atomic E-state index is 12.0. The largest absolute Gasteiger partial charge is 0.395 e. The topological polar surface area (TPSA) is 58.6 Å². The van der Waals surface area contributed by atoms with E-state index in [2.05, 4.69) is 5.32 Å². The third-order valence-electron chi connectivity index (χ3n) is 2.99. The van der Waals surface area contributed by atoms with Gasteiger partial charge in [-0.3, -0.25) is 4.79 Å². The van der Waals surface area contributed by atoms with Crippen LogP contribution in [0.1, 0.15) is 5.56 Å². The molecule has 1 amide bonds. The molecular formula is C12H14ClNO3. The molecule has 2 N–H and O–H groups in total. The van der Waals surface area contributed by atoms with Crippen molar-refractivity contribution < 1.29 is 14.6 Å². The molecule has 0 aliphatic carbocycles. The lowest BCUT2D eigenvalue weighted by molar-refractivity contribution is -0.164. The number of rotatable bonds is 3. The number of amides is 1. The van der Waals surface area contributed by atoms with Gasteiger partial charge in [-0.2, -0.15) is 0 Å². The van der Waals surface area contributed by atoms with Gasteiger partial charge in [0.25, 0.3) is 0 Å². The molecule has 1 aliphatic heterocycles. The molecule has 0 atom stereocenters. The van der Waals surface area contributed by atoms with Gasteiger partial charge in [0.05, 0.1) is 19.8 Å². The zero-order valence-corrected chi connectivity index (χ0v) is 10.3. The summed E-state index contributed by atoms with van der Waals surface area (Å²) in [4.78, 5) is 12.0. The van der Waals surface area contributed by atoms with Crippen LogP contribution in [-0.2, 0) is 9.53 Å². The van der Waals surface area contributed by atoms with E-state index in [4.69, 9.17) is 16.3 Å². The number of benzene rings is 1. The maximum Gasteiger partial charge on any atom is 0.237 e. The number of hydrogen-bond acceptors (Lipinski definition) is 3. The minimum atomic E-state index is -0.797. The van der Waals surface area contributed by atoms with Gasteiger partial charge in [-0.25, -0.2) is 0 Å². The molecule has 1 fully saturated rings. The fourth-order valence-electron chi connectivity index (χ4n) is 1.63. The summed E-state index contributed by atoms with van der Waals surface area (Å²) in [6.07, 6.45) is 0. The Morgan fingerprint density at radius 1 is 1.59 bits per heavy atom. The highest BCUT2D eigenvalue weighted by Gasteiger charge is 2.45. The highest BCUT2D eigenvalue weighted by atomic mass is 35.5. The molecule has 0 radical (unpaired) electrons. The number of aliphatic hydroxyl groups is 1. The number of nitrogens with one attached hydrogen (secondary N) is 1. The van der Waals surface area contributed by atoms with E-state index in [0.29, 0.717) is 10.7 Å². The van der Waals surface area contributed by atoms with E-state index in [1.54, 1.807) is 12.1 Å². The summed E-state index contributed by atoms with van der Waals surface area (Å²) in [6.45, 7) is 2.19. The fourth-order valence-corrected chi connectivity index (χ4v) is 1.80. The highest BCUT2D eigenvalue weighted by Crippen LogP contribution is 2.29. The second-order valence-corrected chi connectivity index (χ2v) is 4.78. The third kappa shape index (κ3) is 2.29. The van der Waals surface area contributed by atoms with Crippen molar-refractivity contribution >= 4 is 23.2 Å². The zero-order valence-electron chi connectivity index (χ0n) is 9.50. The van der Waals surface area contributed by atoms with Crippen LogP contribution in [0, 0.1) is 12.3 Å². The van der Waals surface area contributed by atoms with Crippen LogP contribution in [0.15, 0.2) is 18.2 Å². The van der Waals surface area contributed by atoms with E-state index < -0.39 is 5.41 Å². The van der Waals surface area contributed by atoms with Crippen LogP contribution in [0.3, 0.4) is 0 Å². The molecule has 0 bridgehead atoms. The highest BCUT2D eigenvalue weighted by molar-refractivity contribution is 6.31. The van der Waals surface area contributed by atoms with Gasteiger partial charge in [0.1, 0.15) is 5.41 Å². The summed E-state index contributed by atoms with van der Waals surface area (Å²) in [7, 11) is 0. The van der Waals surface area contributed by atoms with Crippen molar-refractivity contribution in [3.05, 3.63) is 28.8 Å². The molecule has 5 heteroatoms. The van der Waals surface area contributed by atoms with Gasteiger partial charge >= 0.3 is 0 Å². The Bertz CT molecular complexity index is 438. The van der Waals surface area contributed by atoms with Crippen molar-refractivity contribution in [2.45, 2.75) is 6.92 Å². The van der Waals surface area contributed by atoms with Crippen molar-refractivity contribution in [3.63, 3.8) is 0 Å².